The van der Waals surface area contributed by atoms with Crippen LogP contribution in [-0.2, 0) is 0 Å². The zero-order valence-corrected chi connectivity index (χ0v) is 6.60. The Kier molecular flexibility index (Phi) is 1.48. The predicted molar refractivity (Wildman–Crippen MR) is 42.4 cm³/mol. The van der Waals surface area contributed by atoms with E-state index in [1.807, 2.05) is 0 Å². The van der Waals surface area contributed by atoms with Gasteiger partial charge in [-0.2, -0.15) is 0 Å². The third-order valence-corrected chi connectivity index (χ3v) is 3.18. The quantitative estimate of drug-likeness (QED) is 0.463. The molecular formula is C9H16N-. The van der Waals surface area contributed by atoms with Crippen LogP contribution in [0.25, 0.3) is 0 Å². The molecule has 0 amide bonds. The van der Waals surface area contributed by atoms with Gasteiger partial charge in [-0.3, -0.25) is 7.05 Å². The van der Waals surface area contributed by atoms with Crippen LogP contribution in [0, 0.1) is 12.5 Å². The van der Waals surface area contributed by atoms with E-state index in [9.17, 15) is 0 Å². The number of hydrogen-bond acceptors (Lipinski definition) is 1. The summed E-state index contributed by atoms with van der Waals surface area (Å²) >= 11 is 0. The minimum Gasteiger partial charge on any atom is -0.459 e. The van der Waals surface area contributed by atoms with Crippen molar-refractivity contribution in [3.63, 3.8) is 0 Å². The first-order valence-corrected chi connectivity index (χ1v) is 4.36. The molecule has 1 aliphatic carbocycles. The van der Waals surface area contributed by atoms with Gasteiger partial charge in [-0.15, -0.1) is 0 Å². The number of nitrogens with zero attached hydrogens (tertiary/aromatic N) is 1. The van der Waals surface area contributed by atoms with Crippen molar-refractivity contribution >= 4 is 0 Å². The van der Waals surface area contributed by atoms with E-state index >= 15 is 0 Å². The molecular weight excluding hydrogens is 122 g/mol. The van der Waals surface area contributed by atoms with Crippen molar-refractivity contribution < 1.29 is 0 Å². The predicted octanol–water partition coefficient (Wildman–Crippen LogP) is 2.04. The molecule has 2 rings (SSSR count). The molecule has 0 bridgehead atoms. The Labute approximate surface area is 63.4 Å². The second-order valence-corrected chi connectivity index (χ2v) is 4.01. The molecule has 1 spiro atoms. The van der Waals surface area contributed by atoms with E-state index in [0.717, 1.165) is 5.41 Å². The molecule has 0 atom stereocenters. The summed E-state index contributed by atoms with van der Waals surface area (Å²) in [4.78, 5) is 2.24. The van der Waals surface area contributed by atoms with Crippen molar-refractivity contribution in [3.05, 3.63) is 7.05 Å². The highest BCUT2D eigenvalue weighted by atomic mass is 15.1. The fraction of sp³-hybridized carbons (Fsp3) is 0.889. The van der Waals surface area contributed by atoms with E-state index in [0.29, 0.717) is 0 Å². The van der Waals surface area contributed by atoms with Crippen molar-refractivity contribution in [2.45, 2.75) is 32.1 Å². The third-order valence-electron chi connectivity index (χ3n) is 3.18. The van der Waals surface area contributed by atoms with Gasteiger partial charge in [0.2, 0.25) is 0 Å². The second-order valence-electron chi connectivity index (χ2n) is 4.01. The Morgan fingerprint density at radius 2 is 1.80 bits per heavy atom. The topological polar surface area (TPSA) is 3.24 Å². The Morgan fingerprint density at radius 1 is 1.10 bits per heavy atom. The maximum absolute atomic E-state index is 3.99. The van der Waals surface area contributed by atoms with Crippen LogP contribution in [0.2, 0.25) is 0 Å². The van der Waals surface area contributed by atoms with Gasteiger partial charge in [0, 0.05) is 0 Å². The van der Waals surface area contributed by atoms with E-state index in [-0.39, 0.29) is 0 Å². The van der Waals surface area contributed by atoms with E-state index in [4.69, 9.17) is 0 Å². The van der Waals surface area contributed by atoms with Gasteiger partial charge in [0.15, 0.2) is 0 Å². The Morgan fingerprint density at radius 3 is 2.30 bits per heavy atom. The van der Waals surface area contributed by atoms with E-state index in [1.165, 1.54) is 45.2 Å². The van der Waals surface area contributed by atoms with Crippen molar-refractivity contribution in [1.82, 2.24) is 4.90 Å². The Hall–Kier alpha value is -0.0400. The number of likely N-dealkylation sites (tertiary alicyclic amines) is 1. The average molecular weight is 138 g/mol. The van der Waals surface area contributed by atoms with Crippen LogP contribution in [-0.4, -0.2) is 18.0 Å². The summed E-state index contributed by atoms with van der Waals surface area (Å²) in [5, 5.41) is 0. The molecule has 58 valence electrons. The van der Waals surface area contributed by atoms with Crippen LogP contribution in [0.1, 0.15) is 32.1 Å². The first-order chi connectivity index (χ1) is 4.81. The maximum Gasteiger partial charge on any atom is -0.0183 e. The molecule has 1 aliphatic heterocycles. The van der Waals surface area contributed by atoms with E-state index < -0.39 is 0 Å². The standard InChI is InChI=1S/C9H16N/c1-10-7-6-9(8-10)4-2-3-5-9/h1-8H2/q-1. The molecule has 2 fully saturated rings. The molecule has 1 saturated heterocycles. The lowest BCUT2D eigenvalue weighted by atomic mass is 9.86. The van der Waals surface area contributed by atoms with Crippen LogP contribution in [0.15, 0.2) is 0 Å². The first kappa shape index (κ1) is 6.66. The summed E-state index contributed by atoms with van der Waals surface area (Å²) in [7, 11) is 3.99. The maximum atomic E-state index is 3.99. The highest BCUT2D eigenvalue weighted by Gasteiger charge is 2.36. The minimum atomic E-state index is 0.724. The lowest BCUT2D eigenvalue weighted by Crippen LogP contribution is -2.20. The smallest absolute Gasteiger partial charge is 0.0183 e. The highest BCUT2D eigenvalue weighted by molar-refractivity contribution is 4.92. The third kappa shape index (κ3) is 0.968. The van der Waals surface area contributed by atoms with Crippen LogP contribution in [0.4, 0.5) is 0 Å². The zero-order chi connectivity index (χ0) is 7.03. The van der Waals surface area contributed by atoms with Gasteiger partial charge in [-0.1, -0.05) is 12.8 Å². The number of hydrogen-bond donors (Lipinski definition) is 0. The normalized spacial score (nSPS) is 32.1. The summed E-state index contributed by atoms with van der Waals surface area (Å²) in [6.45, 7) is 2.51. The van der Waals surface area contributed by atoms with Gasteiger partial charge in [0.1, 0.15) is 0 Å². The molecule has 1 heterocycles. The zero-order valence-electron chi connectivity index (χ0n) is 6.60. The highest BCUT2D eigenvalue weighted by Crippen LogP contribution is 2.44. The van der Waals surface area contributed by atoms with Gasteiger partial charge < -0.3 is 4.90 Å². The molecule has 10 heavy (non-hydrogen) atoms. The Balaban J connectivity index is 2.03. The van der Waals surface area contributed by atoms with E-state index in [2.05, 4.69) is 11.9 Å². The number of rotatable bonds is 0. The fourth-order valence-corrected chi connectivity index (χ4v) is 2.56. The van der Waals surface area contributed by atoms with Crippen LogP contribution >= 0.6 is 0 Å². The van der Waals surface area contributed by atoms with E-state index in [1.54, 1.807) is 0 Å². The SMILES string of the molecule is [CH2-]N1CCC2(CCCC2)C1. The molecule has 0 aromatic rings. The van der Waals surface area contributed by atoms with Gasteiger partial charge >= 0.3 is 0 Å². The van der Waals surface area contributed by atoms with Gasteiger partial charge in [-0.25, -0.2) is 0 Å². The monoisotopic (exact) mass is 138 g/mol. The average Bonchev–Trinajstić information content (AvgIpc) is 2.46. The Bertz CT molecular complexity index is 125. The molecule has 0 N–H and O–H groups in total. The van der Waals surface area contributed by atoms with Gasteiger partial charge in [-0.05, 0) is 37.8 Å². The van der Waals surface area contributed by atoms with Crippen molar-refractivity contribution in [2.75, 3.05) is 13.1 Å². The second kappa shape index (κ2) is 2.23. The molecule has 0 aromatic heterocycles. The fourth-order valence-electron chi connectivity index (χ4n) is 2.56. The molecule has 2 aliphatic rings. The lowest BCUT2D eigenvalue weighted by Gasteiger charge is -2.24. The summed E-state index contributed by atoms with van der Waals surface area (Å²) in [5.41, 5.74) is 0.724. The molecule has 0 radical (unpaired) electrons. The summed E-state index contributed by atoms with van der Waals surface area (Å²) < 4.78 is 0. The molecule has 1 saturated carbocycles. The summed E-state index contributed by atoms with van der Waals surface area (Å²) in [5.74, 6) is 0. The summed E-state index contributed by atoms with van der Waals surface area (Å²) in [6, 6.07) is 0. The summed E-state index contributed by atoms with van der Waals surface area (Å²) in [6.07, 6.45) is 7.29. The van der Waals surface area contributed by atoms with Gasteiger partial charge in [0.25, 0.3) is 0 Å². The molecule has 0 unspecified atom stereocenters. The largest absolute Gasteiger partial charge is 0.459 e. The molecule has 0 aromatic carbocycles. The molecule has 1 heteroatoms. The van der Waals surface area contributed by atoms with Crippen LogP contribution in [0.5, 0.6) is 0 Å². The van der Waals surface area contributed by atoms with Gasteiger partial charge in [0.05, 0.1) is 0 Å². The van der Waals surface area contributed by atoms with Crippen molar-refractivity contribution in [2.24, 2.45) is 5.41 Å². The van der Waals surface area contributed by atoms with Crippen LogP contribution < -0.4 is 0 Å². The van der Waals surface area contributed by atoms with Crippen molar-refractivity contribution in [1.29, 1.82) is 0 Å². The molecule has 1 nitrogen and oxygen atoms in total. The van der Waals surface area contributed by atoms with Crippen molar-refractivity contribution in [3.8, 4) is 0 Å². The van der Waals surface area contributed by atoms with Crippen LogP contribution in [0.3, 0.4) is 0 Å². The first-order valence-electron chi connectivity index (χ1n) is 4.36. The lowest BCUT2D eigenvalue weighted by molar-refractivity contribution is 0.301. The minimum absolute atomic E-state index is 0.724.